The summed E-state index contributed by atoms with van der Waals surface area (Å²) in [6.07, 6.45) is -2.92. The summed E-state index contributed by atoms with van der Waals surface area (Å²) in [5.74, 6) is -0.744. The summed E-state index contributed by atoms with van der Waals surface area (Å²) in [6, 6.07) is 12.5. The molecule has 0 N–H and O–H groups in total. The van der Waals surface area contributed by atoms with Crippen molar-refractivity contribution < 1.29 is 22.8 Å². The molecule has 0 radical (unpaired) electrons. The van der Waals surface area contributed by atoms with Crippen LogP contribution in [0.2, 0.25) is 0 Å². The fraction of sp³-hybridized carbons (Fsp3) is 0.333. The molecular formula is C21H21F3N2O2. The summed E-state index contributed by atoms with van der Waals surface area (Å²) < 4.78 is 39.9. The van der Waals surface area contributed by atoms with E-state index >= 15 is 0 Å². The van der Waals surface area contributed by atoms with E-state index in [0.717, 1.165) is 35.1 Å². The third-order valence-electron chi connectivity index (χ3n) is 4.84. The molecule has 2 amide bonds. The van der Waals surface area contributed by atoms with Gasteiger partial charge in [0.05, 0.1) is 11.3 Å². The Kier molecular flexibility index (Phi) is 5.72. The number of carbonyl (C=O) groups is 2. The second-order valence-corrected chi connectivity index (χ2v) is 6.71. The predicted molar refractivity (Wildman–Crippen MR) is 101 cm³/mol. The molecular weight excluding hydrogens is 369 g/mol. The molecule has 1 aliphatic rings. The fourth-order valence-electron chi connectivity index (χ4n) is 3.53. The third-order valence-corrected chi connectivity index (χ3v) is 4.84. The Balaban J connectivity index is 1.79. The van der Waals surface area contributed by atoms with E-state index in [0.29, 0.717) is 6.54 Å². The van der Waals surface area contributed by atoms with Crippen LogP contribution in [-0.2, 0) is 22.2 Å². The summed E-state index contributed by atoms with van der Waals surface area (Å²) >= 11 is 0. The van der Waals surface area contributed by atoms with Gasteiger partial charge in [-0.1, -0.05) is 30.3 Å². The molecule has 0 spiro atoms. The van der Waals surface area contributed by atoms with Gasteiger partial charge in [0.1, 0.15) is 0 Å². The highest BCUT2D eigenvalue weighted by molar-refractivity contribution is 5.97. The average Bonchev–Trinajstić information content (AvgIpc) is 2.67. The van der Waals surface area contributed by atoms with Gasteiger partial charge in [-0.15, -0.1) is 0 Å². The van der Waals surface area contributed by atoms with Gasteiger partial charge in [-0.3, -0.25) is 9.59 Å². The predicted octanol–water partition coefficient (Wildman–Crippen LogP) is 4.43. The summed E-state index contributed by atoms with van der Waals surface area (Å²) in [4.78, 5) is 27.5. The first kappa shape index (κ1) is 19.9. The van der Waals surface area contributed by atoms with E-state index in [-0.39, 0.29) is 24.6 Å². The van der Waals surface area contributed by atoms with Crippen LogP contribution in [0.1, 0.15) is 30.9 Å². The number of hydrogen-bond donors (Lipinski definition) is 0. The summed E-state index contributed by atoms with van der Waals surface area (Å²) in [5, 5.41) is 0. The minimum atomic E-state index is -4.58. The molecule has 0 saturated carbocycles. The highest BCUT2D eigenvalue weighted by Crippen LogP contribution is 2.36. The summed E-state index contributed by atoms with van der Waals surface area (Å²) in [7, 11) is 0. The van der Waals surface area contributed by atoms with E-state index in [9.17, 15) is 22.8 Å². The molecule has 2 aromatic carbocycles. The highest BCUT2D eigenvalue weighted by Gasteiger charge is 2.35. The zero-order chi connectivity index (χ0) is 20.3. The van der Waals surface area contributed by atoms with Gasteiger partial charge in [0.15, 0.2) is 0 Å². The quantitative estimate of drug-likeness (QED) is 0.775. The van der Waals surface area contributed by atoms with Crippen molar-refractivity contribution in [3.8, 4) is 0 Å². The number of halogens is 3. The van der Waals surface area contributed by atoms with Crippen LogP contribution in [0.4, 0.5) is 24.5 Å². The van der Waals surface area contributed by atoms with Crippen molar-refractivity contribution in [3.05, 3.63) is 59.7 Å². The van der Waals surface area contributed by atoms with Gasteiger partial charge in [-0.25, -0.2) is 0 Å². The van der Waals surface area contributed by atoms with Crippen LogP contribution in [0, 0.1) is 0 Å². The standard InChI is InChI=1S/C21H21F3N2O2/c1-15(27)25(19-11-5-3-9-17(19)21(22,23)24)14-12-20(28)26-13-6-8-16-7-2-4-10-18(16)26/h2-5,7,9-11H,6,8,12-14H2,1H3. The molecule has 0 aromatic heterocycles. The van der Waals surface area contributed by atoms with E-state index in [4.69, 9.17) is 0 Å². The Hall–Kier alpha value is -2.83. The van der Waals surface area contributed by atoms with Gasteiger partial charge in [-0.2, -0.15) is 13.2 Å². The third kappa shape index (κ3) is 4.18. The molecule has 0 unspecified atom stereocenters. The van der Waals surface area contributed by atoms with Crippen LogP contribution < -0.4 is 9.80 Å². The second-order valence-electron chi connectivity index (χ2n) is 6.71. The molecule has 1 aliphatic heterocycles. The monoisotopic (exact) mass is 390 g/mol. The van der Waals surface area contributed by atoms with Gasteiger partial charge >= 0.3 is 6.18 Å². The molecule has 0 aliphatic carbocycles. The zero-order valence-corrected chi connectivity index (χ0v) is 15.5. The maximum absolute atomic E-state index is 13.3. The summed E-state index contributed by atoms with van der Waals surface area (Å²) in [6.45, 7) is 1.66. The number of fused-ring (bicyclic) bond motifs is 1. The van der Waals surface area contributed by atoms with Gasteiger partial charge in [0.2, 0.25) is 11.8 Å². The minimum absolute atomic E-state index is 0.0555. The lowest BCUT2D eigenvalue weighted by Crippen LogP contribution is -2.39. The number of anilines is 2. The Morgan fingerprint density at radius 1 is 1.07 bits per heavy atom. The molecule has 1 heterocycles. The van der Waals surface area contributed by atoms with Crippen LogP contribution in [-0.4, -0.2) is 24.9 Å². The van der Waals surface area contributed by atoms with E-state index < -0.39 is 17.6 Å². The number of benzene rings is 2. The van der Waals surface area contributed by atoms with Crippen LogP contribution in [0.3, 0.4) is 0 Å². The zero-order valence-electron chi connectivity index (χ0n) is 15.5. The first-order valence-corrected chi connectivity index (χ1v) is 9.11. The van der Waals surface area contributed by atoms with Gasteiger partial charge < -0.3 is 9.80 Å². The number of nitrogens with zero attached hydrogens (tertiary/aromatic N) is 2. The molecule has 0 atom stereocenters. The lowest BCUT2D eigenvalue weighted by atomic mass is 10.0. The molecule has 148 valence electrons. The van der Waals surface area contributed by atoms with Gasteiger partial charge in [0.25, 0.3) is 0 Å². The number of rotatable bonds is 4. The largest absolute Gasteiger partial charge is 0.418 e. The summed E-state index contributed by atoms with van der Waals surface area (Å²) in [5.41, 5.74) is 0.798. The maximum atomic E-state index is 13.3. The molecule has 2 aromatic rings. The van der Waals surface area contributed by atoms with Crippen LogP contribution in [0.25, 0.3) is 0 Å². The second kappa shape index (κ2) is 8.04. The maximum Gasteiger partial charge on any atom is 0.418 e. The SMILES string of the molecule is CC(=O)N(CCC(=O)N1CCCc2ccccc21)c1ccccc1C(F)(F)F. The molecule has 0 saturated heterocycles. The molecule has 4 nitrogen and oxygen atoms in total. The molecule has 0 bridgehead atoms. The average molecular weight is 390 g/mol. The van der Waals surface area contributed by atoms with Crippen LogP contribution in [0.5, 0.6) is 0 Å². The minimum Gasteiger partial charge on any atom is -0.312 e. The first-order chi connectivity index (χ1) is 13.3. The number of amides is 2. The first-order valence-electron chi connectivity index (χ1n) is 9.11. The van der Waals surface area contributed by atoms with Crippen LogP contribution in [0.15, 0.2) is 48.5 Å². The van der Waals surface area contributed by atoms with Crippen molar-refractivity contribution in [2.24, 2.45) is 0 Å². The number of hydrogen-bond acceptors (Lipinski definition) is 2. The Labute approximate surface area is 161 Å². The number of carbonyl (C=O) groups excluding carboxylic acids is 2. The number of aryl methyl sites for hydroxylation is 1. The molecule has 7 heteroatoms. The number of para-hydroxylation sites is 2. The lowest BCUT2D eigenvalue weighted by Gasteiger charge is -2.31. The molecule has 28 heavy (non-hydrogen) atoms. The van der Waals surface area contributed by atoms with Crippen LogP contribution >= 0.6 is 0 Å². The highest BCUT2D eigenvalue weighted by atomic mass is 19.4. The van der Waals surface area contributed by atoms with Crippen molar-refractivity contribution in [1.82, 2.24) is 0 Å². The lowest BCUT2D eigenvalue weighted by molar-refractivity contribution is -0.137. The van der Waals surface area contributed by atoms with E-state index in [1.54, 1.807) is 4.90 Å². The van der Waals surface area contributed by atoms with Crippen molar-refractivity contribution in [1.29, 1.82) is 0 Å². The van der Waals surface area contributed by atoms with Gasteiger partial charge in [0, 0.05) is 32.1 Å². The molecule has 0 fully saturated rings. The normalized spacial score (nSPS) is 13.8. The van der Waals surface area contributed by atoms with E-state index in [2.05, 4.69) is 0 Å². The Bertz CT molecular complexity index is 880. The van der Waals surface area contributed by atoms with Gasteiger partial charge in [-0.05, 0) is 36.6 Å². The topological polar surface area (TPSA) is 40.6 Å². The Morgan fingerprint density at radius 2 is 1.75 bits per heavy atom. The van der Waals surface area contributed by atoms with Crippen molar-refractivity contribution in [2.75, 3.05) is 22.9 Å². The van der Waals surface area contributed by atoms with E-state index in [1.807, 2.05) is 24.3 Å². The smallest absolute Gasteiger partial charge is 0.312 e. The fourth-order valence-corrected chi connectivity index (χ4v) is 3.53. The van der Waals surface area contributed by atoms with Crippen molar-refractivity contribution in [3.63, 3.8) is 0 Å². The molecule has 3 rings (SSSR count). The van der Waals surface area contributed by atoms with E-state index in [1.165, 1.54) is 25.1 Å². The number of alkyl halides is 3. The van der Waals surface area contributed by atoms with Crippen molar-refractivity contribution >= 4 is 23.2 Å². The Morgan fingerprint density at radius 3 is 2.46 bits per heavy atom. The van der Waals surface area contributed by atoms with Crippen molar-refractivity contribution in [2.45, 2.75) is 32.4 Å².